The summed E-state index contributed by atoms with van der Waals surface area (Å²) in [6.07, 6.45) is 5.43. The predicted octanol–water partition coefficient (Wildman–Crippen LogP) is 1.18. The molecule has 9 heteroatoms. The third-order valence-electron chi connectivity index (χ3n) is 5.37. The zero-order valence-electron chi connectivity index (χ0n) is 14.9. The lowest BCUT2D eigenvalue weighted by atomic mass is 9.96. The lowest BCUT2D eigenvalue weighted by Crippen LogP contribution is -2.42. The van der Waals surface area contributed by atoms with Gasteiger partial charge in [-0.25, -0.2) is 0 Å². The molecule has 0 bridgehead atoms. The van der Waals surface area contributed by atoms with Crippen LogP contribution in [0, 0.1) is 5.92 Å². The number of rotatable bonds is 5. The van der Waals surface area contributed by atoms with Crippen LogP contribution in [-0.2, 0) is 14.3 Å². The highest BCUT2D eigenvalue weighted by molar-refractivity contribution is 7.19. The third-order valence-corrected chi connectivity index (χ3v) is 6.38. The van der Waals surface area contributed by atoms with Gasteiger partial charge in [-0.05, 0) is 32.1 Å². The summed E-state index contributed by atoms with van der Waals surface area (Å²) < 4.78 is 5.55. The van der Waals surface area contributed by atoms with Crippen LogP contribution in [0.1, 0.15) is 38.5 Å². The molecule has 3 aliphatic rings. The van der Waals surface area contributed by atoms with E-state index in [1.165, 1.54) is 11.3 Å². The van der Waals surface area contributed by atoms with Crippen LogP contribution in [0.25, 0.3) is 0 Å². The molecule has 26 heavy (non-hydrogen) atoms. The van der Waals surface area contributed by atoms with Gasteiger partial charge in [-0.15, -0.1) is 10.2 Å². The van der Waals surface area contributed by atoms with Crippen LogP contribution in [0.4, 0.5) is 10.3 Å². The first-order chi connectivity index (χ1) is 12.7. The van der Waals surface area contributed by atoms with E-state index >= 15 is 0 Å². The van der Waals surface area contributed by atoms with Crippen molar-refractivity contribution in [1.29, 1.82) is 0 Å². The van der Waals surface area contributed by atoms with Gasteiger partial charge in [0.05, 0.1) is 6.10 Å². The van der Waals surface area contributed by atoms with Crippen LogP contribution in [0.3, 0.4) is 0 Å². The van der Waals surface area contributed by atoms with E-state index in [-0.39, 0.29) is 23.8 Å². The molecule has 3 aliphatic heterocycles. The molecular weight excluding hydrogens is 354 g/mol. The number of nitrogens with one attached hydrogen (secondary N) is 1. The first kappa shape index (κ1) is 17.7. The molecule has 142 valence electrons. The van der Waals surface area contributed by atoms with E-state index in [4.69, 9.17) is 4.74 Å². The third kappa shape index (κ3) is 3.83. The monoisotopic (exact) mass is 379 g/mol. The van der Waals surface area contributed by atoms with Crippen LogP contribution in [0.5, 0.6) is 0 Å². The highest BCUT2D eigenvalue weighted by atomic mass is 32.1. The maximum Gasteiger partial charge on any atom is 0.228 e. The quantitative estimate of drug-likeness (QED) is 0.827. The summed E-state index contributed by atoms with van der Waals surface area (Å²) in [5, 5.41) is 13.0. The maximum absolute atomic E-state index is 12.4. The number of hydrogen-bond donors (Lipinski definition) is 1. The largest absolute Gasteiger partial charge is 0.376 e. The highest BCUT2D eigenvalue weighted by Crippen LogP contribution is 2.32. The van der Waals surface area contributed by atoms with Crippen molar-refractivity contribution >= 4 is 33.4 Å². The molecule has 3 saturated heterocycles. The van der Waals surface area contributed by atoms with Gasteiger partial charge >= 0.3 is 0 Å². The van der Waals surface area contributed by atoms with Crippen molar-refractivity contribution in [2.75, 3.05) is 42.6 Å². The molecule has 8 nitrogen and oxygen atoms in total. The van der Waals surface area contributed by atoms with Crippen LogP contribution in [0.2, 0.25) is 0 Å². The number of nitrogens with zero attached hydrogens (tertiary/aromatic N) is 4. The molecule has 1 aromatic heterocycles. The SMILES string of the molecule is O=C(NCC1CCCO1)C1CCN(c2nnc(N3CCCC3=O)s2)CC1. The Hall–Kier alpha value is -1.74. The van der Waals surface area contributed by atoms with Crippen LogP contribution >= 0.6 is 11.3 Å². The predicted molar refractivity (Wildman–Crippen MR) is 98.4 cm³/mol. The van der Waals surface area contributed by atoms with Crippen LogP contribution in [0.15, 0.2) is 0 Å². The zero-order valence-corrected chi connectivity index (χ0v) is 15.7. The number of piperidine rings is 1. The normalized spacial score (nSPS) is 24.5. The Balaban J connectivity index is 1.26. The summed E-state index contributed by atoms with van der Waals surface area (Å²) in [6.45, 7) is 3.76. The van der Waals surface area contributed by atoms with Crippen LogP contribution < -0.4 is 15.1 Å². The highest BCUT2D eigenvalue weighted by Gasteiger charge is 2.29. The molecule has 4 heterocycles. The molecule has 0 aromatic carbocycles. The van der Waals surface area contributed by atoms with E-state index < -0.39 is 0 Å². The molecule has 4 rings (SSSR count). The number of hydrogen-bond acceptors (Lipinski definition) is 7. The fourth-order valence-corrected chi connectivity index (χ4v) is 4.73. The summed E-state index contributed by atoms with van der Waals surface area (Å²) in [4.78, 5) is 28.1. The number of anilines is 2. The standard InChI is InChI=1S/C17H25N5O3S/c23-14-4-1-7-22(14)17-20-19-16(26-17)21-8-5-12(6-9-21)15(24)18-11-13-3-2-10-25-13/h12-13H,1-11H2,(H,18,24). The molecule has 1 unspecified atom stereocenters. The molecule has 0 saturated carbocycles. The first-order valence-electron chi connectivity index (χ1n) is 9.49. The Morgan fingerprint density at radius 2 is 1.96 bits per heavy atom. The second-order valence-corrected chi connectivity index (χ2v) is 8.09. The Kier molecular flexibility index (Phi) is 5.35. The Morgan fingerprint density at radius 3 is 2.65 bits per heavy atom. The molecule has 1 aromatic rings. The van der Waals surface area contributed by atoms with Crippen molar-refractivity contribution < 1.29 is 14.3 Å². The van der Waals surface area contributed by atoms with E-state index in [0.717, 1.165) is 63.5 Å². The van der Waals surface area contributed by atoms with E-state index in [1.54, 1.807) is 4.90 Å². The van der Waals surface area contributed by atoms with Crippen molar-refractivity contribution in [3.05, 3.63) is 0 Å². The van der Waals surface area contributed by atoms with Crippen molar-refractivity contribution in [2.24, 2.45) is 5.92 Å². The summed E-state index contributed by atoms with van der Waals surface area (Å²) in [6, 6.07) is 0. The Labute approximate surface area is 156 Å². The van der Waals surface area contributed by atoms with Gasteiger partial charge in [-0.3, -0.25) is 14.5 Å². The average molecular weight is 379 g/mol. The molecule has 0 aliphatic carbocycles. The summed E-state index contributed by atoms with van der Waals surface area (Å²) in [5.41, 5.74) is 0. The number of aromatic nitrogens is 2. The number of carbonyl (C=O) groups is 2. The van der Waals surface area contributed by atoms with Gasteiger partial charge in [0.1, 0.15) is 0 Å². The lowest BCUT2D eigenvalue weighted by molar-refractivity contribution is -0.126. The minimum Gasteiger partial charge on any atom is -0.376 e. The van der Waals surface area contributed by atoms with Crippen molar-refractivity contribution in [3.8, 4) is 0 Å². The molecule has 1 N–H and O–H groups in total. The van der Waals surface area contributed by atoms with E-state index in [0.29, 0.717) is 18.1 Å². The van der Waals surface area contributed by atoms with Gasteiger partial charge in [0.2, 0.25) is 22.1 Å². The number of amides is 2. The minimum absolute atomic E-state index is 0.0557. The van der Waals surface area contributed by atoms with Crippen LogP contribution in [-0.4, -0.2) is 60.9 Å². The Morgan fingerprint density at radius 1 is 1.15 bits per heavy atom. The van der Waals surface area contributed by atoms with E-state index in [1.807, 2.05) is 0 Å². The van der Waals surface area contributed by atoms with E-state index in [2.05, 4.69) is 20.4 Å². The zero-order chi connectivity index (χ0) is 17.9. The topological polar surface area (TPSA) is 87.7 Å². The fraction of sp³-hybridized carbons (Fsp3) is 0.765. The molecular formula is C17H25N5O3S. The van der Waals surface area contributed by atoms with Gasteiger partial charge in [0.25, 0.3) is 0 Å². The minimum atomic E-state index is 0.0557. The first-order valence-corrected chi connectivity index (χ1v) is 10.3. The molecule has 0 spiro atoms. The fourth-order valence-electron chi connectivity index (χ4n) is 3.79. The summed E-state index contributed by atoms with van der Waals surface area (Å²) in [5.74, 6) is 0.329. The molecule has 2 amide bonds. The number of ether oxygens (including phenoxy) is 1. The molecule has 0 radical (unpaired) electrons. The molecule has 3 fully saturated rings. The van der Waals surface area contributed by atoms with Crippen molar-refractivity contribution in [2.45, 2.75) is 44.6 Å². The summed E-state index contributed by atoms with van der Waals surface area (Å²) in [7, 11) is 0. The van der Waals surface area contributed by atoms with Gasteiger partial charge < -0.3 is 15.0 Å². The second kappa shape index (κ2) is 7.87. The summed E-state index contributed by atoms with van der Waals surface area (Å²) >= 11 is 1.47. The van der Waals surface area contributed by atoms with Crippen molar-refractivity contribution in [3.63, 3.8) is 0 Å². The lowest BCUT2D eigenvalue weighted by Gasteiger charge is -2.30. The van der Waals surface area contributed by atoms with Gasteiger partial charge in [0, 0.05) is 45.1 Å². The van der Waals surface area contributed by atoms with Gasteiger partial charge in [0.15, 0.2) is 0 Å². The molecule has 1 atom stereocenters. The smallest absolute Gasteiger partial charge is 0.228 e. The van der Waals surface area contributed by atoms with Gasteiger partial charge in [-0.2, -0.15) is 0 Å². The van der Waals surface area contributed by atoms with Crippen molar-refractivity contribution in [1.82, 2.24) is 15.5 Å². The number of carbonyl (C=O) groups excluding carboxylic acids is 2. The maximum atomic E-state index is 12.4. The Bertz CT molecular complexity index is 653. The van der Waals surface area contributed by atoms with E-state index in [9.17, 15) is 9.59 Å². The average Bonchev–Trinajstić information content (AvgIpc) is 3.41. The van der Waals surface area contributed by atoms with Gasteiger partial charge in [-0.1, -0.05) is 11.3 Å². The second-order valence-electron chi connectivity index (χ2n) is 7.16.